The number of nitrogens with zero attached hydrogens (tertiary/aromatic N) is 1. The molecule has 4 nitrogen and oxygen atoms in total. The molecule has 0 radical (unpaired) electrons. The first kappa shape index (κ1) is 10.4. The Hall–Kier alpha value is -0.650. The van der Waals surface area contributed by atoms with E-state index in [2.05, 4.69) is 13.9 Å². The Morgan fingerprint density at radius 3 is 3.00 bits per heavy atom. The number of pyridine rings is 1. The van der Waals surface area contributed by atoms with E-state index in [1.807, 2.05) is 6.92 Å². The Bertz CT molecular complexity index is 332. The molecule has 0 bridgehead atoms. The molecule has 0 spiro atoms. The van der Waals surface area contributed by atoms with Crippen molar-refractivity contribution in [1.82, 2.24) is 4.98 Å². The lowest BCUT2D eigenvalue weighted by Crippen LogP contribution is -2.06. The molecule has 1 unspecified atom stereocenters. The van der Waals surface area contributed by atoms with Gasteiger partial charge < -0.3 is 0 Å². The summed E-state index contributed by atoms with van der Waals surface area (Å²) in [4.78, 5) is 3.96. The second-order valence-electron chi connectivity index (χ2n) is 2.31. The van der Waals surface area contributed by atoms with Gasteiger partial charge in [-0.25, -0.2) is 4.21 Å². The maximum absolute atomic E-state index is 10.9. The maximum atomic E-state index is 10.9. The molecule has 0 saturated carbocycles. The highest BCUT2D eigenvalue weighted by atomic mass is 35.5. The van der Waals surface area contributed by atoms with Crippen LogP contribution in [0.5, 0.6) is 0 Å². The quantitative estimate of drug-likeness (QED) is 0.843. The van der Waals surface area contributed by atoms with E-state index in [0.29, 0.717) is 10.7 Å². The first-order chi connectivity index (χ1) is 6.13. The van der Waals surface area contributed by atoms with Gasteiger partial charge in [0.1, 0.15) is 0 Å². The van der Waals surface area contributed by atoms with Crippen molar-refractivity contribution in [3.05, 3.63) is 23.0 Å². The Morgan fingerprint density at radius 2 is 2.38 bits per heavy atom. The highest BCUT2D eigenvalue weighted by Gasteiger charge is 2.03. The highest BCUT2D eigenvalue weighted by molar-refractivity contribution is 7.81. The summed E-state index contributed by atoms with van der Waals surface area (Å²) < 4.78 is 18.1. The van der Waals surface area contributed by atoms with E-state index in [4.69, 9.17) is 11.6 Å². The van der Waals surface area contributed by atoms with E-state index in [-0.39, 0.29) is 0 Å². The van der Waals surface area contributed by atoms with E-state index in [1.54, 1.807) is 6.07 Å². The minimum atomic E-state index is -1.56. The van der Waals surface area contributed by atoms with E-state index in [0.717, 1.165) is 5.69 Å². The molecule has 72 valence electrons. The zero-order chi connectivity index (χ0) is 9.84. The maximum Gasteiger partial charge on any atom is 0.261 e. The number of nitrogens with one attached hydrogen (secondary N) is 1. The molecule has 1 N–H and O–H groups in total. The fourth-order valence-corrected chi connectivity index (χ4v) is 1.39. The summed E-state index contributed by atoms with van der Waals surface area (Å²) >= 11 is 4.22. The van der Waals surface area contributed by atoms with Gasteiger partial charge in [-0.2, -0.15) is 0 Å². The van der Waals surface area contributed by atoms with Crippen LogP contribution < -0.4 is 4.72 Å². The van der Waals surface area contributed by atoms with Crippen LogP contribution >= 0.6 is 11.6 Å². The van der Waals surface area contributed by atoms with E-state index in [9.17, 15) is 4.21 Å². The third-order valence-corrected chi connectivity index (χ3v) is 2.33. The van der Waals surface area contributed by atoms with Gasteiger partial charge in [0, 0.05) is 11.9 Å². The predicted octanol–water partition coefficient (Wildman–Crippen LogP) is 1.68. The van der Waals surface area contributed by atoms with Crippen LogP contribution in [0.3, 0.4) is 0 Å². The number of halogens is 1. The summed E-state index contributed by atoms with van der Waals surface area (Å²) in [5, 5.41) is 0.413. The molecule has 1 rings (SSSR count). The molecule has 0 saturated heterocycles. The lowest BCUT2D eigenvalue weighted by molar-refractivity contribution is 0.449. The highest BCUT2D eigenvalue weighted by Crippen LogP contribution is 2.21. The second kappa shape index (κ2) is 4.55. The minimum Gasteiger partial charge on any atom is -0.281 e. The van der Waals surface area contributed by atoms with Gasteiger partial charge in [-0.1, -0.05) is 11.6 Å². The Balaban J connectivity index is 2.87. The fourth-order valence-electron chi connectivity index (χ4n) is 0.753. The van der Waals surface area contributed by atoms with Crippen molar-refractivity contribution >= 4 is 28.6 Å². The van der Waals surface area contributed by atoms with Crippen LogP contribution in [0.1, 0.15) is 5.69 Å². The largest absolute Gasteiger partial charge is 0.281 e. The summed E-state index contributed by atoms with van der Waals surface area (Å²) in [6.45, 7) is 1.82. The van der Waals surface area contributed by atoms with Crippen LogP contribution in [-0.2, 0) is 15.4 Å². The normalized spacial score (nSPS) is 12.5. The fraction of sp³-hybridized carbons (Fsp3) is 0.286. The number of aromatic nitrogens is 1. The first-order valence-corrected chi connectivity index (χ1v) is 4.94. The SMILES string of the molecule is COS(=O)Nc1cc(C)ncc1Cl. The van der Waals surface area contributed by atoms with Crippen molar-refractivity contribution < 1.29 is 8.39 Å². The molecule has 0 fully saturated rings. The molecule has 13 heavy (non-hydrogen) atoms. The van der Waals surface area contributed by atoms with Gasteiger partial charge in [0.15, 0.2) is 0 Å². The van der Waals surface area contributed by atoms with Crippen LogP contribution in [0.4, 0.5) is 5.69 Å². The van der Waals surface area contributed by atoms with Crippen molar-refractivity contribution in [2.45, 2.75) is 6.92 Å². The van der Waals surface area contributed by atoms with Crippen molar-refractivity contribution in [3.63, 3.8) is 0 Å². The van der Waals surface area contributed by atoms with Crippen molar-refractivity contribution in [2.24, 2.45) is 0 Å². The minimum absolute atomic E-state index is 0.413. The Morgan fingerprint density at radius 1 is 1.69 bits per heavy atom. The van der Waals surface area contributed by atoms with E-state index >= 15 is 0 Å². The molecular weight excluding hydrogens is 212 g/mol. The number of hydrogen-bond acceptors (Lipinski definition) is 3. The summed E-state index contributed by atoms with van der Waals surface area (Å²) in [5.74, 6) is 0. The molecule has 1 aromatic rings. The van der Waals surface area contributed by atoms with Crippen LogP contribution in [0.15, 0.2) is 12.3 Å². The summed E-state index contributed by atoms with van der Waals surface area (Å²) in [6.07, 6.45) is 1.49. The van der Waals surface area contributed by atoms with Crippen molar-refractivity contribution in [3.8, 4) is 0 Å². The van der Waals surface area contributed by atoms with Gasteiger partial charge in [-0.3, -0.25) is 13.9 Å². The molecule has 0 aromatic carbocycles. The van der Waals surface area contributed by atoms with Crippen LogP contribution in [0.25, 0.3) is 0 Å². The average molecular weight is 221 g/mol. The van der Waals surface area contributed by atoms with Gasteiger partial charge in [0.2, 0.25) is 0 Å². The zero-order valence-corrected chi connectivity index (χ0v) is 8.78. The zero-order valence-electron chi connectivity index (χ0n) is 7.20. The number of aryl methyl sites for hydroxylation is 1. The van der Waals surface area contributed by atoms with Crippen LogP contribution in [0, 0.1) is 6.92 Å². The average Bonchev–Trinajstić information content (AvgIpc) is 2.11. The second-order valence-corrected chi connectivity index (χ2v) is 3.72. The molecule has 0 aliphatic carbocycles. The third-order valence-electron chi connectivity index (χ3n) is 1.34. The van der Waals surface area contributed by atoms with Gasteiger partial charge in [-0.05, 0) is 13.0 Å². The third kappa shape index (κ3) is 2.95. The first-order valence-electron chi connectivity index (χ1n) is 3.48. The molecule has 0 aliphatic rings. The lowest BCUT2D eigenvalue weighted by atomic mass is 10.3. The summed E-state index contributed by atoms with van der Waals surface area (Å²) in [5.41, 5.74) is 1.34. The van der Waals surface area contributed by atoms with Crippen molar-refractivity contribution in [2.75, 3.05) is 11.8 Å². The smallest absolute Gasteiger partial charge is 0.261 e. The monoisotopic (exact) mass is 220 g/mol. The summed E-state index contributed by atoms with van der Waals surface area (Å²) in [6, 6.07) is 1.69. The van der Waals surface area contributed by atoms with Crippen molar-refractivity contribution in [1.29, 1.82) is 0 Å². The molecule has 1 aromatic heterocycles. The van der Waals surface area contributed by atoms with Gasteiger partial charge in [0.25, 0.3) is 11.3 Å². The molecule has 1 atom stereocenters. The molecule has 0 aliphatic heterocycles. The van der Waals surface area contributed by atoms with Gasteiger partial charge >= 0.3 is 0 Å². The van der Waals surface area contributed by atoms with Crippen LogP contribution in [0.2, 0.25) is 5.02 Å². The summed E-state index contributed by atoms with van der Waals surface area (Å²) in [7, 11) is 1.34. The van der Waals surface area contributed by atoms with E-state index in [1.165, 1.54) is 13.3 Å². The molecule has 6 heteroatoms. The number of hydrogen-bond donors (Lipinski definition) is 1. The predicted molar refractivity (Wildman–Crippen MR) is 52.8 cm³/mol. The molecule has 1 heterocycles. The topological polar surface area (TPSA) is 51.2 Å². The molecular formula is C7H9ClN2O2S. The Kier molecular flexibility index (Phi) is 3.65. The molecule has 0 amide bonds. The lowest BCUT2D eigenvalue weighted by Gasteiger charge is -2.05. The standard InChI is InChI=1S/C7H9ClN2O2S/c1-5-3-7(6(8)4-9-5)10-13(11)12-2/h3-4H,1-2H3,(H,9,10). The van der Waals surface area contributed by atoms with E-state index < -0.39 is 11.3 Å². The number of rotatable bonds is 3. The van der Waals surface area contributed by atoms with Crippen LogP contribution in [-0.4, -0.2) is 16.3 Å². The van der Waals surface area contributed by atoms with Gasteiger partial charge in [-0.15, -0.1) is 0 Å². The Labute approximate surface area is 84.1 Å². The van der Waals surface area contributed by atoms with Gasteiger partial charge in [0.05, 0.1) is 17.8 Å². The number of anilines is 1.